The summed E-state index contributed by atoms with van der Waals surface area (Å²) >= 11 is 0. The van der Waals surface area contributed by atoms with E-state index in [2.05, 4.69) is 13.0 Å². The molecule has 0 bridgehead atoms. The van der Waals surface area contributed by atoms with Crippen LogP contribution < -0.4 is 0 Å². The monoisotopic (exact) mass is 309 g/mol. The van der Waals surface area contributed by atoms with E-state index in [1.165, 1.54) is 10.5 Å². The molecule has 1 N–H and O–H groups in total. The van der Waals surface area contributed by atoms with Crippen LogP contribution in [0.4, 0.5) is 0 Å². The van der Waals surface area contributed by atoms with Gasteiger partial charge in [0.25, 0.3) is 5.91 Å². The molecular weight excluding hydrogens is 290 g/mol. The SMILES string of the molecule is Cc1ccccc1-c1ccc(C(=O)N2CC(=O)CC2CO)cc1. The van der Waals surface area contributed by atoms with Crippen molar-refractivity contribution >= 4 is 11.7 Å². The number of carbonyl (C=O) groups excluding carboxylic acids is 2. The summed E-state index contributed by atoms with van der Waals surface area (Å²) in [7, 11) is 0. The molecule has 4 heteroatoms. The van der Waals surface area contributed by atoms with Gasteiger partial charge in [0.1, 0.15) is 0 Å². The molecule has 1 fully saturated rings. The number of likely N-dealkylation sites (tertiary alicyclic amines) is 1. The minimum Gasteiger partial charge on any atom is -0.394 e. The normalized spacial score (nSPS) is 17.6. The molecule has 1 aliphatic rings. The zero-order valence-electron chi connectivity index (χ0n) is 13.0. The Morgan fingerprint density at radius 2 is 1.87 bits per heavy atom. The van der Waals surface area contributed by atoms with Gasteiger partial charge in [0.15, 0.2) is 5.78 Å². The van der Waals surface area contributed by atoms with Gasteiger partial charge in [0.2, 0.25) is 0 Å². The molecule has 1 heterocycles. The van der Waals surface area contributed by atoms with Gasteiger partial charge in [-0.1, -0.05) is 36.4 Å². The average Bonchev–Trinajstić information content (AvgIpc) is 2.96. The van der Waals surface area contributed by atoms with Gasteiger partial charge in [0, 0.05) is 12.0 Å². The maximum absolute atomic E-state index is 12.5. The summed E-state index contributed by atoms with van der Waals surface area (Å²) in [6.07, 6.45) is 0.240. The van der Waals surface area contributed by atoms with E-state index in [0.29, 0.717) is 5.56 Å². The number of aryl methyl sites for hydroxylation is 1. The van der Waals surface area contributed by atoms with Crippen molar-refractivity contribution in [1.82, 2.24) is 4.90 Å². The predicted octanol–water partition coefficient (Wildman–Crippen LogP) is 2.44. The highest BCUT2D eigenvalue weighted by molar-refractivity contribution is 5.99. The number of nitrogens with zero attached hydrogens (tertiary/aromatic N) is 1. The lowest BCUT2D eigenvalue weighted by atomic mass is 9.99. The maximum atomic E-state index is 12.5. The number of hydrogen-bond donors (Lipinski definition) is 1. The van der Waals surface area contributed by atoms with Gasteiger partial charge in [0.05, 0.1) is 19.2 Å². The molecule has 2 aromatic rings. The summed E-state index contributed by atoms with van der Waals surface area (Å²) in [6.45, 7) is 1.96. The van der Waals surface area contributed by atoms with Crippen molar-refractivity contribution in [2.45, 2.75) is 19.4 Å². The number of hydrogen-bond acceptors (Lipinski definition) is 3. The highest BCUT2D eigenvalue weighted by Crippen LogP contribution is 2.24. The maximum Gasteiger partial charge on any atom is 0.254 e. The molecule has 1 amide bonds. The van der Waals surface area contributed by atoms with Gasteiger partial charge in [-0.05, 0) is 35.7 Å². The van der Waals surface area contributed by atoms with Crippen LogP contribution in [0.25, 0.3) is 11.1 Å². The second kappa shape index (κ2) is 6.34. The van der Waals surface area contributed by atoms with E-state index in [4.69, 9.17) is 0 Å². The molecule has 1 saturated heterocycles. The Labute approximate surface area is 135 Å². The number of benzene rings is 2. The fourth-order valence-corrected chi connectivity index (χ4v) is 3.01. The first-order chi connectivity index (χ1) is 11.1. The lowest BCUT2D eigenvalue weighted by Crippen LogP contribution is -2.37. The molecule has 3 rings (SSSR count). The zero-order valence-corrected chi connectivity index (χ0v) is 13.0. The van der Waals surface area contributed by atoms with E-state index < -0.39 is 6.04 Å². The lowest BCUT2D eigenvalue weighted by molar-refractivity contribution is -0.116. The lowest BCUT2D eigenvalue weighted by Gasteiger charge is -2.22. The molecule has 0 spiro atoms. The van der Waals surface area contributed by atoms with E-state index in [0.717, 1.165) is 11.1 Å². The van der Waals surface area contributed by atoms with Gasteiger partial charge in [-0.2, -0.15) is 0 Å². The quantitative estimate of drug-likeness (QED) is 0.947. The number of ketones is 1. The molecule has 1 aliphatic heterocycles. The molecule has 1 atom stereocenters. The van der Waals surface area contributed by atoms with Crippen molar-refractivity contribution in [3.8, 4) is 11.1 Å². The van der Waals surface area contributed by atoms with Crippen molar-refractivity contribution in [2.75, 3.05) is 13.2 Å². The molecule has 1 unspecified atom stereocenters. The first kappa shape index (κ1) is 15.4. The number of Topliss-reactive ketones (excluding diaryl/α,β-unsaturated/α-hetero) is 1. The van der Waals surface area contributed by atoms with Gasteiger partial charge in [-0.3, -0.25) is 9.59 Å². The van der Waals surface area contributed by atoms with Gasteiger partial charge >= 0.3 is 0 Å². The average molecular weight is 309 g/mol. The predicted molar refractivity (Wildman–Crippen MR) is 88.1 cm³/mol. The third-order valence-electron chi connectivity index (χ3n) is 4.31. The third-order valence-corrected chi connectivity index (χ3v) is 4.31. The fraction of sp³-hybridized carbons (Fsp3) is 0.263. The fourth-order valence-electron chi connectivity index (χ4n) is 3.01. The van der Waals surface area contributed by atoms with Gasteiger partial charge in [-0.15, -0.1) is 0 Å². The van der Waals surface area contributed by atoms with Crippen LogP contribution in [0.1, 0.15) is 22.3 Å². The first-order valence-corrected chi connectivity index (χ1v) is 7.69. The second-order valence-electron chi connectivity index (χ2n) is 5.90. The summed E-state index contributed by atoms with van der Waals surface area (Å²) in [6, 6.07) is 15.1. The van der Waals surface area contributed by atoms with E-state index in [1.54, 1.807) is 12.1 Å². The van der Waals surface area contributed by atoms with Crippen molar-refractivity contribution < 1.29 is 14.7 Å². The summed E-state index contributed by atoms with van der Waals surface area (Å²) < 4.78 is 0. The molecule has 0 aliphatic carbocycles. The van der Waals surface area contributed by atoms with Crippen LogP contribution in [-0.4, -0.2) is 40.9 Å². The van der Waals surface area contributed by atoms with Crippen LogP contribution in [-0.2, 0) is 4.79 Å². The van der Waals surface area contributed by atoms with Crippen LogP contribution in [0.5, 0.6) is 0 Å². The number of amides is 1. The summed E-state index contributed by atoms with van der Waals surface area (Å²) in [5.41, 5.74) is 3.90. The van der Waals surface area contributed by atoms with Crippen molar-refractivity contribution in [3.05, 3.63) is 59.7 Å². The summed E-state index contributed by atoms with van der Waals surface area (Å²) in [5, 5.41) is 9.33. The largest absolute Gasteiger partial charge is 0.394 e. The Balaban J connectivity index is 1.84. The molecule has 2 aromatic carbocycles. The van der Waals surface area contributed by atoms with E-state index in [-0.39, 0.29) is 31.3 Å². The van der Waals surface area contributed by atoms with E-state index >= 15 is 0 Å². The van der Waals surface area contributed by atoms with Crippen LogP contribution in [0.3, 0.4) is 0 Å². The van der Waals surface area contributed by atoms with Crippen LogP contribution >= 0.6 is 0 Å². The van der Waals surface area contributed by atoms with Crippen LogP contribution in [0, 0.1) is 6.92 Å². The standard InChI is InChI=1S/C19H19NO3/c1-13-4-2-3-5-18(13)14-6-8-15(9-7-14)19(23)20-11-17(22)10-16(20)12-21/h2-9,16,21H,10-12H2,1H3. The minimum absolute atomic E-state index is 0.00562. The zero-order chi connectivity index (χ0) is 16.4. The van der Waals surface area contributed by atoms with E-state index in [9.17, 15) is 14.7 Å². The number of rotatable bonds is 3. The first-order valence-electron chi connectivity index (χ1n) is 7.69. The number of aliphatic hydroxyl groups excluding tert-OH is 1. The Morgan fingerprint density at radius 3 is 2.52 bits per heavy atom. The van der Waals surface area contributed by atoms with Crippen molar-refractivity contribution in [1.29, 1.82) is 0 Å². The Hall–Kier alpha value is -2.46. The molecule has 0 saturated carbocycles. The molecule has 0 aromatic heterocycles. The highest BCUT2D eigenvalue weighted by atomic mass is 16.3. The summed E-state index contributed by atoms with van der Waals surface area (Å²) in [5.74, 6) is -0.208. The van der Waals surface area contributed by atoms with Gasteiger partial charge < -0.3 is 10.0 Å². The third kappa shape index (κ3) is 3.03. The molecule has 118 valence electrons. The Bertz CT molecular complexity index is 737. The molecule has 4 nitrogen and oxygen atoms in total. The van der Waals surface area contributed by atoms with Crippen LogP contribution in [0.2, 0.25) is 0 Å². The van der Waals surface area contributed by atoms with Crippen molar-refractivity contribution in [2.24, 2.45) is 0 Å². The molecular formula is C19H19NO3. The van der Waals surface area contributed by atoms with Crippen LogP contribution in [0.15, 0.2) is 48.5 Å². The topological polar surface area (TPSA) is 57.6 Å². The van der Waals surface area contributed by atoms with E-state index in [1.807, 2.05) is 30.3 Å². The Kier molecular flexibility index (Phi) is 4.26. The summed E-state index contributed by atoms with van der Waals surface area (Å²) in [4.78, 5) is 25.5. The minimum atomic E-state index is -0.397. The van der Waals surface area contributed by atoms with Crippen molar-refractivity contribution in [3.63, 3.8) is 0 Å². The second-order valence-corrected chi connectivity index (χ2v) is 5.90. The number of carbonyl (C=O) groups is 2. The van der Waals surface area contributed by atoms with Gasteiger partial charge in [-0.25, -0.2) is 0 Å². The Morgan fingerprint density at radius 1 is 1.17 bits per heavy atom. The number of aliphatic hydroxyl groups is 1. The smallest absolute Gasteiger partial charge is 0.254 e. The molecule has 23 heavy (non-hydrogen) atoms. The highest BCUT2D eigenvalue weighted by Gasteiger charge is 2.33. The molecule has 0 radical (unpaired) electrons.